The Hall–Kier alpha value is -0.510. The van der Waals surface area contributed by atoms with Crippen molar-refractivity contribution in [3.63, 3.8) is 0 Å². The number of unbranched alkanes of at least 4 members (excludes halogenated alkanes) is 2. The Balaban J connectivity index is 3.68. The molecule has 0 aromatic heterocycles. The lowest BCUT2D eigenvalue weighted by molar-refractivity contribution is -0.187. The number of hydrogen-bond acceptors (Lipinski definition) is 1. The van der Waals surface area contributed by atoms with Gasteiger partial charge in [0.05, 0.1) is 0 Å². The maximum atomic E-state index is 11.7. The van der Waals surface area contributed by atoms with E-state index in [-0.39, 0.29) is 0 Å². The van der Waals surface area contributed by atoms with Crippen LogP contribution in [0.5, 0.6) is 0 Å². The molecular formula is C8H13F3O. The molecule has 1 N–H and O–H groups in total. The predicted octanol–water partition coefficient (Wildman–Crippen LogP) is 2.66. The summed E-state index contributed by atoms with van der Waals surface area (Å²) < 4.78 is 35.0. The zero-order valence-corrected chi connectivity index (χ0v) is 6.93. The molecule has 0 saturated carbocycles. The van der Waals surface area contributed by atoms with Crippen molar-refractivity contribution in [3.05, 3.63) is 12.2 Å². The van der Waals surface area contributed by atoms with Gasteiger partial charge in [0.25, 0.3) is 0 Å². The molecule has 0 aliphatic rings. The van der Waals surface area contributed by atoms with Crippen LogP contribution in [0.15, 0.2) is 12.2 Å². The Morgan fingerprint density at radius 2 is 2.00 bits per heavy atom. The summed E-state index contributed by atoms with van der Waals surface area (Å²) in [4.78, 5) is 0. The Kier molecular flexibility index (Phi) is 4.97. The first-order valence-electron chi connectivity index (χ1n) is 3.90. The maximum absolute atomic E-state index is 11.7. The SMILES string of the molecule is CCCC/C=C/[C@@H](O)C(F)(F)F. The fourth-order valence-electron chi connectivity index (χ4n) is 0.656. The van der Waals surface area contributed by atoms with Gasteiger partial charge in [-0.25, -0.2) is 0 Å². The second kappa shape index (κ2) is 5.19. The van der Waals surface area contributed by atoms with Gasteiger partial charge in [0.15, 0.2) is 6.10 Å². The van der Waals surface area contributed by atoms with Gasteiger partial charge in [-0.2, -0.15) is 13.2 Å². The summed E-state index contributed by atoms with van der Waals surface area (Å²) in [5, 5.41) is 8.47. The van der Waals surface area contributed by atoms with Crippen LogP contribution in [-0.4, -0.2) is 17.4 Å². The predicted molar refractivity (Wildman–Crippen MR) is 40.7 cm³/mol. The van der Waals surface area contributed by atoms with E-state index in [2.05, 4.69) is 0 Å². The molecule has 0 aliphatic heterocycles. The number of aliphatic hydroxyl groups excluding tert-OH is 1. The van der Waals surface area contributed by atoms with Crippen molar-refractivity contribution in [2.75, 3.05) is 0 Å². The van der Waals surface area contributed by atoms with E-state index in [1.807, 2.05) is 6.92 Å². The third-order valence-corrected chi connectivity index (χ3v) is 1.38. The maximum Gasteiger partial charge on any atom is 0.417 e. The first-order chi connectivity index (χ1) is 5.48. The molecule has 0 aromatic carbocycles. The summed E-state index contributed by atoms with van der Waals surface area (Å²) >= 11 is 0. The highest BCUT2D eigenvalue weighted by molar-refractivity contribution is 4.92. The standard InChI is InChI=1S/C8H13F3O/c1-2-3-4-5-6-7(12)8(9,10)11/h5-7,12H,2-4H2,1H3/b6-5+/t7-/m1/s1. The molecule has 0 fully saturated rings. The average molecular weight is 182 g/mol. The zero-order chi connectivity index (χ0) is 9.61. The number of hydrogen-bond donors (Lipinski definition) is 1. The molecular weight excluding hydrogens is 169 g/mol. The van der Waals surface area contributed by atoms with E-state index in [0.717, 1.165) is 18.9 Å². The summed E-state index contributed by atoms with van der Waals surface area (Å²) in [6.07, 6.45) is -2.31. The van der Waals surface area contributed by atoms with Crippen molar-refractivity contribution < 1.29 is 18.3 Å². The Morgan fingerprint density at radius 1 is 1.42 bits per heavy atom. The smallest absolute Gasteiger partial charge is 0.380 e. The highest BCUT2D eigenvalue weighted by atomic mass is 19.4. The normalized spacial score (nSPS) is 15.4. The van der Waals surface area contributed by atoms with Crippen LogP contribution in [0, 0.1) is 0 Å². The van der Waals surface area contributed by atoms with Crippen LogP contribution in [0.25, 0.3) is 0 Å². The lowest BCUT2D eigenvalue weighted by atomic mass is 10.2. The van der Waals surface area contributed by atoms with E-state index >= 15 is 0 Å². The van der Waals surface area contributed by atoms with E-state index in [0.29, 0.717) is 6.42 Å². The Morgan fingerprint density at radius 3 is 2.42 bits per heavy atom. The van der Waals surface area contributed by atoms with Crippen LogP contribution in [0.4, 0.5) is 13.2 Å². The van der Waals surface area contributed by atoms with Crippen molar-refractivity contribution in [1.29, 1.82) is 0 Å². The lowest BCUT2D eigenvalue weighted by Crippen LogP contribution is -2.25. The molecule has 0 saturated heterocycles. The van der Waals surface area contributed by atoms with Crippen LogP contribution in [0.1, 0.15) is 26.2 Å². The summed E-state index contributed by atoms with van der Waals surface area (Å²) in [7, 11) is 0. The quantitative estimate of drug-likeness (QED) is 0.523. The first kappa shape index (κ1) is 11.5. The Bertz CT molecular complexity index is 140. The molecule has 0 amide bonds. The number of rotatable bonds is 4. The minimum atomic E-state index is -4.53. The van der Waals surface area contributed by atoms with Crippen molar-refractivity contribution >= 4 is 0 Å². The van der Waals surface area contributed by atoms with Crippen LogP contribution in [0.3, 0.4) is 0 Å². The molecule has 0 bridgehead atoms. The molecule has 0 heterocycles. The number of aliphatic hydroxyl groups is 1. The van der Waals surface area contributed by atoms with Gasteiger partial charge < -0.3 is 5.11 Å². The van der Waals surface area contributed by atoms with Gasteiger partial charge in [0.1, 0.15) is 0 Å². The fraction of sp³-hybridized carbons (Fsp3) is 0.750. The van der Waals surface area contributed by atoms with Crippen molar-refractivity contribution in [2.45, 2.75) is 38.5 Å². The lowest BCUT2D eigenvalue weighted by Gasteiger charge is -2.09. The zero-order valence-electron chi connectivity index (χ0n) is 6.93. The van der Waals surface area contributed by atoms with Gasteiger partial charge in [0, 0.05) is 0 Å². The van der Waals surface area contributed by atoms with Crippen LogP contribution in [-0.2, 0) is 0 Å². The molecule has 1 nitrogen and oxygen atoms in total. The monoisotopic (exact) mass is 182 g/mol. The summed E-state index contributed by atoms with van der Waals surface area (Å²) in [6.45, 7) is 1.95. The molecule has 0 radical (unpaired) electrons. The Labute approximate surface area is 69.9 Å². The average Bonchev–Trinajstić information content (AvgIpc) is 1.96. The van der Waals surface area contributed by atoms with E-state index < -0.39 is 12.3 Å². The van der Waals surface area contributed by atoms with Crippen LogP contribution < -0.4 is 0 Å². The molecule has 12 heavy (non-hydrogen) atoms. The number of allylic oxidation sites excluding steroid dienone is 1. The summed E-state index contributed by atoms with van der Waals surface area (Å²) in [6, 6.07) is 0. The van der Waals surface area contributed by atoms with Crippen molar-refractivity contribution in [3.8, 4) is 0 Å². The third-order valence-electron chi connectivity index (χ3n) is 1.38. The van der Waals surface area contributed by atoms with E-state index in [1.165, 1.54) is 6.08 Å². The number of halogens is 3. The number of alkyl halides is 3. The second-order valence-electron chi connectivity index (χ2n) is 2.56. The van der Waals surface area contributed by atoms with E-state index in [1.54, 1.807) is 0 Å². The molecule has 0 aromatic rings. The largest absolute Gasteiger partial charge is 0.417 e. The minimum absolute atomic E-state index is 0.587. The fourth-order valence-corrected chi connectivity index (χ4v) is 0.656. The van der Waals surface area contributed by atoms with E-state index in [4.69, 9.17) is 5.11 Å². The minimum Gasteiger partial charge on any atom is -0.380 e. The molecule has 4 heteroatoms. The van der Waals surface area contributed by atoms with Gasteiger partial charge in [-0.3, -0.25) is 0 Å². The van der Waals surface area contributed by atoms with Crippen molar-refractivity contribution in [1.82, 2.24) is 0 Å². The first-order valence-corrected chi connectivity index (χ1v) is 3.90. The molecule has 0 aliphatic carbocycles. The van der Waals surface area contributed by atoms with Gasteiger partial charge in [-0.15, -0.1) is 0 Å². The molecule has 0 unspecified atom stereocenters. The highest BCUT2D eigenvalue weighted by Gasteiger charge is 2.35. The second-order valence-corrected chi connectivity index (χ2v) is 2.56. The van der Waals surface area contributed by atoms with Gasteiger partial charge in [-0.05, 0) is 6.42 Å². The molecule has 0 rings (SSSR count). The summed E-state index contributed by atoms with van der Waals surface area (Å²) in [5.41, 5.74) is 0. The third kappa shape index (κ3) is 5.18. The van der Waals surface area contributed by atoms with Gasteiger partial charge >= 0.3 is 6.18 Å². The summed E-state index contributed by atoms with van der Waals surface area (Å²) in [5.74, 6) is 0. The topological polar surface area (TPSA) is 20.2 Å². The van der Waals surface area contributed by atoms with Gasteiger partial charge in [-0.1, -0.05) is 31.9 Å². The van der Waals surface area contributed by atoms with Crippen LogP contribution in [0.2, 0.25) is 0 Å². The van der Waals surface area contributed by atoms with Crippen LogP contribution >= 0.6 is 0 Å². The van der Waals surface area contributed by atoms with E-state index in [9.17, 15) is 13.2 Å². The molecule has 72 valence electrons. The molecule has 0 spiro atoms. The van der Waals surface area contributed by atoms with Gasteiger partial charge in [0.2, 0.25) is 0 Å². The van der Waals surface area contributed by atoms with Crippen molar-refractivity contribution in [2.24, 2.45) is 0 Å². The highest BCUT2D eigenvalue weighted by Crippen LogP contribution is 2.20. The molecule has 1 atom stereocenters.